The Morgan fingerprint density at radius 1 is 0.622 bits per heavy atom. The molecule has 13 heteroatoms. The van der Waals surface area contributed by atoms with E-state index in [0.717, 1.165) is 66.8 Å². The molecule has 0 fully saturated rings. The predicted octanol–water partition coefficient (Wildman–Crippen LogP) is 12.9. The van der Waals surface area contributed by atoms with Gasteiger partial charge in [-0.15, -0.1) is 23.2 Å². The van der Waals surface area contributed by atoms with Crippen molar-refractivity contribution < 1.29 is 26.3 Å². The normalized spacial score (nSPS) is 13.0. The van der Waals surface area contributed by atoms with Crippen molar-refractivity contribution in [2.24, 2.45) is 0 Å². The zero-order valence-electron chi connectivity index (χ0n) is 23.5. The molecule has 4 aromatic carbocycles. The van der Waals surface area contributed by atoms with Gasteiger partial charge in [-0.3, -0.25) is 0 Å². The average molecular weight is 769 g/mol. The summed E-state index contributed by atoms with van der Waals surface area (Å²) in [6.07, 6.45) is -6.87. The van der Waals surface area contributed by atoms with E-state index in [9.17, 15) is 26.3 Å². The first-order valence-electron chi connectivity index (χ1n) is 13.6. The summed E-state index contributed by atoms with van der Waals surface area (Å²) >= 11 is 17.2. The minimum Gasteiger partial charge on any atom is -0.354 e. The Morgan fingerprint density at radius 2 is 1.16 bits per heavy atom. The monoisotopic (exact) mass is 766 g/mol. The van der Waals surface area contributed by atoms with Crippen molar-refractivity contribution in [1.82, 2.24) is 0 Å². The van der Waals surface area contributed by atoms with E-state index in [-0.39, 0.29) is 0 Å². The zero-order valence-corrected chi connectivity index (χ0v) is 28.2. The summed E-state index contributed by atoms with van der Waals surface area (Å²) in [5.74, 6) is 1.24. The van der Waals surface area contributed by atoms with Crippen molar-refractivity contribution in [2.75, 3.05) is 33.9 Å². The summed E-state index contributed by atoms with van der Waals surface area (Å²) in [6.45, 7) is 0.593. The minimum absolute atomic E-state index is 0.472. The quantitative estimate of drug-likeness (QED) is 0.141. The molecule has 0 amide bonds. The number of nitrogens with one attached hydrogen (secondary N) is 1. The number of alkyl halides is 9. The highest BCUT2D eigenvalue weighted by Gasteiger charge is 2.33. The predicted molar refractivity (Wildman–Crippen MR) is 179 cm³/mol. The van der Waals surface area contributed by atoms with Crippen molar-refractivity contribution in [3.8, 4) is 0 Å². The highest BCUT2D eigenvalue weighted by molar-refractivity contribution is 9.09. The summed E-state index contributed by atoms with van der Waals surface area (Å²) in [5, 5.41) is 4.06. The fraction of sp³-hybridized carbons (Fsp3) is 0.250. The smallest absolute Gasteiger partial charge is 0.354 e. The van der Waals surface area contributed by atoms with Gasteiger partial charge in [-0.1, -0.05) is 63.7 Å². The summed E-state index contributed by atoms with van der Waals surface area (Å²) in [5.41, 5.74) is 1.63. The SMILES string of the molecule is ClCCCBr.FC(F)(F)c1ccc2c(c1)N(CCCCl)c1ccccc1S2.FC(F)(F)c1ccc2c(c1)Nc1ccccc1S2. The molecule has 0 radical (unpaired) electrons. The molecule has 0 unspecified atom stereocenters. The summed E-state index contributed by atoms with van der Waals surface area (Å²) in [7, 11) is 0. The van der Waals surface area contributed by atoms with Gasteiger partial charge in [-0.05, 0) is 73.5 Å². The number of hydrogen-bond acceptors (Lipinski definition) is 4. The molecule has 2 nitrogen and oxygen atoms in total. The summed E-state index contributed by atoms with van der Waals surface area (Å²) in [6, 6.07) is 23.0. The molecule has 0 saturated carbocycles. The minimum atomic E-state index is -4.34. The molecule has 2 aliphatic rings. The van der Waals surface area contributed by atoms with E-state index in [2.05, 4.69) is 21.2 Å². The molecule has 0 aromatic heterocycles. The Morgan fingerprint density at radius 3 is 1.78 bits per heavy atom. The molecule has 240 valence electrons. The third kappa shape index (κ3) is 9.44. The van der Waals surface area contributed by atoms with E-state index in [0.29, 0.717) is 30.2 Å². The molecular weight excluding hydrogens is 741 g/mol. The molecule has 6 rings (SSSR count). The van der Waals surface area contributed by atoms with Gasteiger partial charge in [0.1, 0.15) is 0 Å². The maximum absolute atomic E-state index is 13.0. The van der Waals surface area contributed by atoms with Crippen molar-refractivity contribution in [2.45, 2.75) is 44.8 Å². The van der Waals surface area contributed by atoms with E-state index >= 15 is 0 Å². The second-order valence-electron chi connectivity index (χ2n) is 9.61. The van der Waals surface area contributed by atoms with E-state index in [4.69, 9.17) is 23.2 Å². The van der Waals surface area contributed by atoms with Crippen LogP contribution >= 0.6 is 62.7 Å². The third-order valence-electron chi connectivity index (χ3n) is 6.42. The number of para-hydroxylation sites is 2. The van der Waals surface area contributed by atoms with Crippen LogP contribution in [0.1, 0.15) is 24.0 Å². The standard InChI is InChI=1S/C16H13ClF3NS.C13H8F3NS.C3H6BrCl/c17-8-3-9-21-12-4-1-2-5-14(12)22-15-7-6-11(10-13(15)21)16(18,19)20;14-13(15,16)8-5-6-12-10(7-8)17-9-3-1-2-4-11(9)18-12;4-2-1-3-5/h1-2,4-7,10H,3,8-9H2;1-7,17H;1-3H2. The lowest BCUT2D eigenvalue weighted by Gasteiger charge is -2.33. The Kier molecular flexibility index (Phi) is 12.7. The Bertz CT molecular complexity index is 1580. The lowest BCUT2D eigenvalue weighted by molar-refractivity contribution is -0.138. The number of rotatable bonds is 5. The van der Waals surface area contributed by atoms with Gasteiger partial charge in [-0.2, -0.15) is 26.3 Å². The van der Waals surface area contributed by atoms with Gasteiger partial charge < -0.3 is 10.2 Å². The fourth-order valence-electron chi connectivity index (χ4n) is 4.33. The van der Waals surface area contributed by atoms with Crippen LogP contribution in [0.15, 0.2) is 105 Å². The van der Waals surface area contributed by atoms with Crippen molar-refractivity contribution in [3.05, 3.63) is 96.1 Å². The van der Waals surface area contributed by atoms with Gasteiger partial charge in [0, 0.05) is 43.2 Å². The summed E-state index contributed by atoms with van der Waals surface area (Å²) < 4.78 is 76.8. The number of anilines is 4. The highest BCUT2D eigenvalue weighted by Crippen LogP contribution is 2.49. The van der Waals surface area contributed by atoms with E-state index in [1.165, 1.54) is 35.7 Å². The molecule has 0 bridgehead atoms. The van der Waals surface area contributed by atoms with Gasteiger partial charge in [0.15, 0.2) is 0 Å². The lowest BCUT2D eigenvalue weighted by Crippen LogP contribution is -2.23. The molecule has 4 aromatic rings. The number of halogens is 9. The molecule has 2 aliphatic heterocycles. The number of fused-ring (bicyclic) bond motifs is 4. The second-order valence-corrected chi connectivity index (χ2v) is 13.3. The van der Waals surface area contributed by atoms with Crippen LogP contribution < -0.4 is 10.2 Å². The lowest BCUT2D eigenvalue weighted by atomic mass is 10.1. The van der Waals surface area contributed by atoms with E-state index in [1.807, 2.05) is 53.4 Å². The Labute approximate surface area is 285 Å². The first-order valence-corrected chi connectivity index (χ1v) is 17.5. The molecule has 0 spiro atoms. The van der Waals surface area contributed by atoms with Gasteiger partial charge >= 0.3 is 12.4 Å². The van der Waals surface area contributed by atoms with E-state index < -0.39 is 23.5 Å². The number of benzene rings is 4. The van der Waals surface area contributed by atoms with Crippen molar-refractivity contribution >= 4 is 85.4 Å². The number of nitrogens with zero attached hydrogens (tertiary/aromatic N) is 1. The van der Waals surface area contributed by atoms with Crippen LogP contribution in [0, 0.1) is 0 Å². The molecule has 0 atom stereocenters. The maximum Gasteiger partial charge on any atom is 0.416 e. The van der Waals surface area contributed by atoms with Gasteiger partial charge in [0.05, 0.1) is 33.9 Å². The molecule has 1 N–H and O–H groups in total. The highest BCUT2D eigenvalue weighted by atomic mass is 79.9. The van der Waals surface area contributed by atoms with Gasteiger partial charge in [0.25, 0.3) is 0 Å². The average Bonchev–Trinajstić information content (AvgIpc) is 3.01. The number of hydrogen-bond donors (Lipinski definition) is 1. The first kappa shape index (κ1) is 35.7. The third-order valence-corrected chi connectivity index (χ3v) is 9.80. The fourth-order valence-corrected chi connectivity index (χ4v) is 7.23. The zero-order chi connectivity index (χ0) is 32.6. The Balaban J connectivity index is 0.000000181. The van der Waals surface area contributed by atoms with E-state index in [1.54, 1.807) is 6.07 Å². The van der Waals surface area contributed by atoms with Crippen LogP contribution in [-0.2, 0) is 12.4 Å². The van der Waals surface area contributed by atoms with Crippen molar-refractivity contribution in [3.63, 3.8) is 0 Å². The van der Waals surface area contributed by atoms with Gasteiger partial charge in [-0.25, -0.2) is 0 Å². The first-order chi connectivity index (χ1) is 21.5. The molecule has 45 heavy (non-hydrogen) atoms. The van der Waals surface area contributed by atoms with Crippen LogP contribution in [0.25, 0.3) is 0 Å². The largest absolute Gasteiger partial charge is 0.416 e. The Hall–Kier alpha value is -2.18. The summed E-state index contributed by atoms with van der Waals surface area (Å²) in [4.78, 5) is 5.63. The van der Waals surface area contributed by atoms with Gasteiger partial charge in [0.2, 0.25) is 0 Å². The second kappa shape index (κ2) is 16.1. The molecule has 2 heterocycles. The van der Waals surface area contributed by atoms with Crippen LogP contribution in [0.2, 0.25) is 0 Å². The van der Waals surface area contributed by atoms with Crippen LogP contribution in [0.3, 0.4) is 0 Å². The van der Waals surface area contributed by atoms with Crippen LogP contribution in [0.4, 0.5) is 49.1 Å². The van der Waals surface area contributed by atoms with Crippen LogP contribution in [0.5, 0.6) is 0 Å². The molecule has 0 saturated heterocycles. The topological polar surface area (TPSA) is 15.3 Å². The molecular formula is C32H27BrCl2F6N2S2. The maximum atomic E-state index is 13.0. The van der Waals surface area contributed by atoms with Crippen LogP contribution in [-0.4, -0.2) is 23.6 Å². The molecule has 0 aliphatic carbocycles. The van der Waals surface area contributed by atoms with Crippen molar-refractivity contribution in [1.29, 1.82) is 0 Å².